The van der Waals surface area contributed by atoms with Crippen LogP contribution < -0.4 is 36.3 Å². The van der Waals surface area contributed by atoms with Crippen LogP contribution in [0.2, 0.25) is 0 Å². The largest absolute Gasteiger partial charge is 0.457 e. The Morgan fingerprint density at radius 1 is 0.817 bits per heavy atom. The van der Waals surface area contributed by atoms with Gasteiger partial charge in [0.15, 0.2) is 0 Å². The first-order valence-electron chi connectivity index (χ1n) is 22.6. The third kappa shape index (κ3) is 12.5. The predicted molar refractivity (Wildman–Crippen MR) is 272 cm³/mol. The van der Waals surface area contributed by atoms with E-state index in [1.165, 1.54) is 0 Å². The summed E-state index contributed by atoms with van der Waals surface area (Å²) in [7, 11) is 1.89. The third-order valence-electron chi connectivity index (χ3n) is 11.4. The van der Waals surface area contributed by atoms with Crippen molar-refractivity contribution in [2.45, 2.75) is 25.4 Å². The Balaban J connectivity index is 0.851. The maximum Gasteiger partial charge on any atom is 0.266 e. The minimum absolute atomic E-state index is 0.0447. The number of carbonyl (C=O) groups excluding carboxylic acids is 2. The standard InChI is InChI=1S/C55H49N11O5/c1-36(31-56)54(68)66-27-8-11-42(35-66)62-52-48(33-61-55(59)64-52)38-16-20-45(21-17-38)70-46-14-6-9-37(29-46)34-65(2)28-25-40(32-57)53(67)63-41-10-7-15-47(30-41)71-49-24-26-60-51(58)50(49)39-18-22-44(23-19-39)69-43-12-4-3-5-13-43/h3-7,9-10,12-26,29-30,33,42H,1,8,11,27-28,34-35H2,2H3,(H2,58,60)(H,63,67)(H3,59,61,62,64). The fourth-order valence-electron chi connectivity index (χ4n) is 7.90. The number of nitrogen functional groups attached to an aromatic ring is 2. The van der Waals surface area contributed by atoms with E-state index in [-0.39, 0.29) is 34.9 Å². The number of aromatic nitrogens is 3. The molecule has 16 nitrogen and oxygen atoms in total. The normalized spacial score (nSPS) is 13.3. The summed E-state index contributed by atoms with van der Waals surface area (Å²) >= 11 is 0. The fraction of sp³-hybridized carbons (Fsp3) is 0.145. The van der Waals surface area contributed by atoms with Crippen molar-refractivity contribution < 1.29 is 23.8 Å². The topological polar surface area (TPSA) is 231 Å². The highest BCUT2D eigenvalue weighted by Crippen LogP contribution is 2.38. The lowest BCUT2D eigenvalue weighted by Gasteiger charge is -2.33. The number of nitrogens with two attached hydrogens (primary N) is 2. The number of pyridine rings is 1. The second-order valence-corrected chi connectivity index (χ2v) is 16.6. The Morgan fingerprint density at radius 3 is 2.23 bits per heavy atom. The highest BCUT2D eigenvalue weighted by molar-refractivity contribution is 6.06. The molecule has 6 N–H and O–H groups in total. The summed E-state index contributed by atoms with van der Waals surface area (Å²) in [6.45, 7) is 5.34. The number of likely N-dealkylation sites (N-methyl/N-ethyl adjacent to an activating group) is 1. The highest BCUT2D eigenvalue weighted by Gasteiger charge is 2.26. The van der Waals surface area contributed by atoms with Crippen molar-refractivity contribution in [3.05, 3.63) is 175 Å². The molecule has 8 rings (SSSR count). The van der Waals surface area contributed by atoms with Crippen molar-refractivity contribution in [2.24, 2.45) is 0 Å². The Bertz CT molecular complexity index is 3170. The first-order chi connectivity index (χ1) is 34.5. The van der Waals surface area contributed by atoms with Gasteiger partial charge >= 0.3 is 0 Å². The first-order valence-corrected chi connectivity index (χ1v) is 22.6. The minimum Gasteiger partial charge on any atom is -0.457 e. The van der Waals surface area contributed by atoms with Crippen LogP contribution >= 0.6 is 0 Å². The maximum atomic E-state index is 13.4. The number of anilines is 4. The number of likely N-dealkylation sites (tertiary alicyclic amines) is 1. The average Bonchev–Trinajstić information content (AvgIpc) is 3.37. The van der Waals surface area contributed by atoms with Crippen LogP contribution in [0, 0.1) is 22.7 Å². The van der Waals surface area contributed by atoms with E-state index in [1.807, 2.05) is 127 Å². The number of carbonyl (C=O) groups is 2. The first kappa shape index (κ1) is 48.0. The number of hydrogen-bond donors (Lipinski definition) is 4. The second-order valence-electron chi connectivity index (χ2n) is 16.6. The van der Waals surface area contributed by atoms with Crippen molar-refractivity contribution in [1.82, 2.24) is 24.8 Å². The molecule has 1 saturated heterocycles. The van der Waals surface area contributed by atoms with Gasteiger partial charge in [-0.25, -0.2) is 9.97 Å². The number of ether oxygens (including phenoxy) is 3. The molecule has 0 aliphatic carbocycles. The van der Waals surface area contributed by atoms with Crippen molar-refractivity contribution in [3.63, 3.8) is 0 Å². The van der Waals surface area contributed by atoms with E-state index >= 15 is 0 Å². The number of rotatable bonds is 17. The molecule has 16 heteroatoms. The Hall–Kier alpha value is -9.51. The van der Waals surface area contributed by atoms with E-state index in [4.69, 9.17) is 30.9 Å². The molecule has 0 radical (unpaired) electrons. The van der Waals surface area contributed by atoms with E-state index in [1.54, 1.807) is 53.7 Å². The number of nitrogens with one attached hydrogen (secondary N) is 2. The monoisotopic (exact) mass is 943 g/mol. The molecule has 7 aromatic rings. The summed E-state index contributed by atoms with van der Waals surface area (Å²) in [5.41, 5.74) is 16.5. The van der Waals surface area contributed by atoms with Crippen LogP contribution in [-0.4, -0.2) is 69.3 Å². The third-order valence-corrected chi connectivity index (χ3v) is 11.4. The summed E-state index contributed by atoms with van der Waals surface area (Å²) in [5, 5.41) is 25.4. The van der Waals surface area contributed by atoms with Crippen LogP contribution in [-0.2, 0) is 16.1 Å². The molecule has 1 unspecified atom stereocenters. The molecular weight excluding hydrogens is 895 g/mol. The average molecular weight is 944 g/mol. The number of nitriles is 2. The lowest BCUT2D eigenvalue weighted by molar-refractivity contribution is -0.127. The predicted octanol–water partition coefficient (Wildman–Crippen LogP) is 9.75. The van der Waals surface area contributed by atoms with E-state index in [9.17, 15) is 14.9 Å². The molecule has 1 atom stereocenters. The zero-order valence-electron chi connectivity index (χ0n) is 38.8. The zero-order chi connectivity index (χ0) is 49.7. The maximum absolute atomic E-state index is 13.4. The summed E-state index contributed by atoms with van der Waals surface area (Å²) in [6, 6.07) is 44.5. The number of hydrogen-bond acceptors (Lipinski definition) is 14. The van der Waals surface area contributed by atoms with Gasteiger partial charge in [0.1, 0.15) is 69.4 Å². The van der Waals surface area contributed by atoms with Crippen molar-refractivity contribution in [2.75, 3.05) is 48.8 Å². The number of benzene rings is 5. The molecule has 1 aliphatic heterocycles. The molecular formula is C55H49N11O5. The molecule has 2 amide bonds. The lowest BCUT2D eigenvalue weighted by atomic mass is 10.0. The van der Waals surface area contributed by atoms with E-state index in [0.717, 1.165) is 40.8 Å². The summed E-state index contributed by atoms with van der Waals surface area (Å²) in [6.07, 6.45) is 6.36. The van der Waals surface area contributed by atoms with Gasteiger partial charge in [0, 0.05) is 61.9 Å². The van der Waals surface area contributed by atoms with Gasteiger partial charge in [-0.05, 0) is 109 Å². The summed E-state index contributed by atoms with van der Waals surface area (Å²) < 4.78 is 18.5. The molecule has 0 saturated carbocycles. The van der Waals surface area contributed by atoms with Crippen molar-refractivity contribution in [1.29, 1.82) is 10.5 Å². The van der Waals surface area contributed by atoms with Crippen LogP contribution in [0.1, 0.15) is 18.4 Å². The van der Waals surface area contributed by atoms with E-state index in [0.29, 0.717) is 72.0 Å². The molecule has 354 valence electrons. The van der Waals surface area contributed by atoms with Crippen LogP contribution in [0.5, 0.6) is 34.5 Å². The fourth-order valence-corrected chi connectivity index (χ4v) is 7.90. The number of piperidine rings is 1. The molecule has 0 bridgehead atoms. The smallest absolute Gasteiger partial charge is 0.266 e. The van der Waals surface area contributed by atoms with Crippen LogP contribution in [0.3, 0.4) is 0 Å². The highest BCUT2D eigenvalue weighted by atomic mass is 16.5. The molecule has 0 spiro atoms. The van der Waals surface area contributed by atoms with Gasteiger partial charge in [-0.15, -0.1) is 0 Å². The Kier molecular flexibility index (Phi) is 15.2. The lowest BCUT2D eigenvalue weighted by Crippen LogP contribution is -2.45. The van der Waals surface area contributed by atoms with Crippen molar-refractivity contribution in [3.8, 4) is 68.9 Å². The Labute approximate surface area is 411 Å². The van der Waals surface area contributed by atoms with E-state index < -0.39 is 5.91 Å². The molecule has 2 aromatic heterocycles. The van der Waals surface area contributed by atoms with E-state index in [2.05, 4.69) is 32.2 Å². The van der Waals surface area contributed by atoms with Crippen LogP contribution in [0.4, 0.5) is 23.3 Å². The molecule has 5 aromatic carbocycles. The Morgan fingerprint density at radius 2 is 1.49 bits per heavy atom. The van der Waals surface area contributed by atoms with Crippen molar-refractivity contribution >= 4 is 35.1 Å². The molecule has 1 aliphatic rings. The minimum atomic E-state index is -0.559. The molecule has 71 heavy (non-hydrogen) atoms. The van der Waals surface area contributed by atoms with Gasteiger partial charge in [-0.2, -0.15) is 15.5 Å². The summed E-state index contributed by atoms with van der Waals surface area (Å²) in [4.78, 5) is 42.6. The van der Waals surface area contributed by atoms with Gasteiger partial charge < -0.3 is 41.2 Å². The van der Waals surface area contributed by atoms with Crippen LogP contribution in [0.15, 0.2) is 170 Å². The van der Waals surface area contributed by atoms with Gasteiger partial charge in [-0.1, -0.05) is 67.2 Å². The quantitative estimate of drug-likeness (QED) is 0.0492. The summed E-state index contributed by atoms with van der Waals surface area (Å²) in [5.74, 6) is 3.51. The zero-order valence-corrected chi connectivity index (χ0v) is 38.8. The van der Waals surface area contributed by atoms with Gasteiger partial charge in [0.25, 0.3) is 11.8 Å². The van der Waals surface area contributed by atoms with Crippen LogP contribution in [0.25, 0.3) is 22.3 Å². The molecule has 3 heterocycles. The number of nitrogens with zero attached hydrogens (tertiary/aromatic N) is 7. The van der Waals surface area contributed by atoms with Gasteiger partial charge in [0.05, 0.1) is 5.56 Å². The SMILES string of the molecule is C=C(C#N)C(=O)N1CCCC(Nc2nc(N)ncc2-c2ccc(Oc3cccc(CN(C)CC=C(C#N)C(=O)Nc4cccc(Oc5ccnc(N)c5-c5ccc(Oc6ccccc6)cc5)c4)c3)cc2)C1. The van der Waals surface area contributed by atoms with Gasteiger partial charge in [0.2, 0.25) is 5.95 Å². The molecule has 1 fully saturated rings. The van der Waals surface area contributed by atoms with Gasteiger partial charge in [-0.3, -0.25) is 14.5 Å². The number of amides is 2. The second kappa shape index (κ2) is 22.5. The number of para-hydroxylation sites is 1.